The van der Waals surface area contributed by atoms with Gasteiger partial charge in [-0.2, -0.15) is 0 Å². The van der Waals surface area contributed by atoms with E-state index < -0.39 is 12.1 Å². The lowest BCUT2D eigenvalue weighted by Crippen LogP contribution is -2.46. The molecule has 0 saturated heterocycles. The molecule has 1 aromatic carbocycles. The molecule has 2 rings (SSSR count). The molecule has 1 aliphatic rings. The van der Waals surface area contributed by atoms with Crippen LogP contribution in [0.1, 0.15) is 31.1 Å². The summed E-state index contributed by atoms with van der Waals surface area (Å²) in [4.78, 5) is 24.7. The lowest BCUT2D eigenvalue weighted by atomic mass is 10.1. The number of rotatable bonds is 3. The number of anilines is 1. The molecular weight excluding hydrogens is 246 g/mol. The third-order valence-electron chi connectivity index (χ3n) is 2.96. The Hall–Kier alpha value is -2.04. The minimum absolute atomic E-state index is 0.0933. The Bertz CT molecular complexity index is 524. The number of carbonyl (C=O) groups is 2. The number of aromatic carboxylic acids is 1. The van der Waals surface area contributed by atoms with Gasteiger partial charge in [0, 0.05) is 6.54 Å². The van der Waals surface area contributed by atoms with Crippen LogP contribution < -0.4 is 9.64 Å². The third-order valence-corrected chi connectivity index (χ3v) is 2.96. The van der Waals surface area contributed by atoms with Gasteiger partial charge < -0.3 is 14.7 Å². The molecule has 5 heteroatoms. The number of fused-ring (bicyclic) bond motifs is 1. The summed E-state index contributed by atoms with van der Waals surface area (Å²) >= 11 is 0. The summed E-state index contributed by atoms with van der Waals surface area (Å²) in [5, 5.41) is 8.98. The summed E-state index contributed by atoms with van der Waals surface area (Å²) in [6, 6.07) is 4.58. The molecule has 0 bridgehead atoms. The molecule has 1 aromatic rings. The van der Waals surface area contributed by atoms with Gasteiger partial charge in [-0.15, -0.1) is 0 Å². The Morgan fingerprint density at radius 1 is 1.47 bits per heavy atom. The quantitative estimate of drug-likeness (QED) is 0.907. The maximum Gasteiger partial charge on any atom is 0.335 e. The van der Waals surface area contributed by atoms with Crippen molar-refractivity contribution >= 4 is 17.6 Å². The average molecular weight is 263 g/mol. The monoisotopic (exact) mass is 263 g/mol. The van der Waals surface area contributed by atoms with Crippen LogP contribution in [0.25, 0.3) is 0 Å². The Labute approximate surface area is 111 Å². The van der Waals surface area contributed by atoms with E-state index in [-0.39, 0.29) is 11.5 Å². The van der Waals surface area contributed by atoms with Gasteiger partial charge >= 0.3 is 5.97 Å². The molecule has 0 saturated carbocycles. The second-order valence-corrected chi connectivity index (χ2v) is 5.09. The van der Waals surface area contributed by atoms with Crippen molar-refractivity contribution in [3.63, 3.8) is 0 Å². The zero-order valence-electron chi connectivity index (χ0n) is 11.2. The van der Waals surface area contributed by atoms with Crippen molar-refractivity contribution in [2.75, 3.05) is 11.4 Å². The minimum atomic E-state index is -1.01. The van der Waals surface area contributed by atoms with E-state index in [4.69, 9.17) is 9.84 Å². The summed E-state index contributed by atoms with van der Waals surface area (Å²) in [5.74, 6) is -0.329. The maximum absolute atomic E-state index is 12.1. The topological polar surface area (TPSA) is 66.8 Å². The Morgan fingerprint density at radius 2 is 2.16 bits per heavy atom. The molecular formula is C14H17NO4. The van der Waals surface area contributed by atoms with Gasteiger partial charge in [0.2, 0.25) is 0 Å². The van der Waals surface area contributed by atoms with Crippen molar-refractivity contribution in [1.82, 2.24) is 0 Å². The standard InChI is InChI=1S/C14H17NO4/c1-8(2)7-15-11-5-4-10(14(17)18)6-12(11)19-9(3)13(15)16/h4-6,8-9H,7H2,1-3H3,(H,17,18). The van der Waals surface area contributed by atoms with Crippen LogP contribution >= 0.6 is 0 Å². The van der Waals surface area contributed by atoms with Crippen LogP contribution in [0.4, 0.5) is 5.69 Å². The summed E-state index contributed by atoms with van der Waals surface area (Å²) in [7, 11) is 0. The number of carboxylic acids is 1. The molecule has 1 N–H and O–H groups in total. The smallest absolute Gasteiger partial charge is 0.335 e. The fourth-order valence-electron chi connectivity index (χ4n) is 2.10. The first-order valence-electron chi connectivity index (χ1n) is 6.25. The zero-order chi connectivity index (χ0) is 14.2. The first-order chi connectivity index (χ1) is 8.90. The largest absolute Gasteiger partial charge is 0.479 e. The molecule has 0 spiro atoms. The van der Waals surface area contributed by atoms with E-state index in [0.717, 1.165) is 0 Å². The van der Waals surface area contributed by atoms with E-state index in [9.17, 15) is 9.59 Å². The van der Waals surface area contributed by atoms with Crippen molar-refractivity contribution in [3.8, 4) is 5.75 Å². The van der Waals surface area contributed by atoms with Crippen LogP contribution in [0.5, 0.6) is 5.75 Å². The third kappa shape index (κ3) is 2.54. The van der Waals surface area contributed by atoms with Gasteiger partial charge in [0.05, 0.1) is 11.3 Å². The van der Waals surface area contributed by atoms with Crippen LogP contribution in [-0.4, -0.2) is 29.6 Å². The van der Waals surface area contributed by atoms with Crippen molar-refractivity contribution in [3.05, 3.63) is 23.8 Å². The molecule has 1 aliphatic heterocycles. The van der Waals surface area contributed by atoms with Crippen molar-refractivity contribution in [2.45, 2.75) is 26.9 Å². The van der Waals surface area contributed by atoms with E-state index in [0.29, 0.717) is 23.9 Å². The predicted octanol–water partition coefficient (Wildman–Crippen LogP) is 2.15. The van der Waals surface area contributed by atoms with Gasteiger partial charge in [0.15, 0.2) is 6.10 Å². The van der Waals surface area contributed by atoms with Crippen molar-refractivity contribution in [2.24, 2.45) is 5.92 Å². The lowest BCUT2D eigenvalue weighted by Gasteiger charge is -2.34. The average Bonchev–Trinajstić information content (AvgIpc) is 2.33. The van der Waals surface area contributed by atoms with Gasteiger partial charge in [-0.3, -0.25) is 4.79 Å². The molecule has 102 valence electrons. The number of nitrogens with zero attached hydrogens (tertiary/aromatic N) is 1. The fraction of sp³-hybridized carbons (Fsp3) is 0.429. The van der Waals surface area contributed by atoms with E-state index in [1.165, 1.54) is 12.1 Å². The first kappa shape index (κ1) is 13.4. The maximum atomic E-state index is 12.1. The molecule has 1 unspecified atom stereocenters. The number of hydrogen-bond donors (Lipinski definition) is 1. The van der Waals surface area contributed by atoms with E-state index in [1.807, 2.05) is 13.8 Å². The van der Waals surface area contributed by atoms with Crippen LogP contribution in [0.2, 0.25) is 0 Å². The Kier molecular flexibility index (Phi) is 3.46. The number of carbonyl (C=O) groups excluding carboxylic acids is 1. The second-order valence-electron chi connectivity index (χ2n) is 5.09. The number of carboxylic acid groups (broad SMARTS) is 1. The summed E-state index contributed by atoms with van der Waals surface area (Å²) in [5.41, 5.74) is 0.798. The molecule has 0 aromatic heterocycles. The van der Waals surface area contributed by atoms with Crippen LogP contribution in [0.15, 0.2) is 18.2 Å². The van der Waals surface area contributed by atoms with E-state index >= 15 is 0 Å². The highest BCUT2D eigenvalue weighted by atomic mass is 16.5. The van der Waals surface area contributed by atoms with Gasteiger partial charge in [0.25, 0.3) is 5.91 Å². The Balaban J connectivity index is 2.44. The molecule has 1 atom stereocenters. The fourth-order valence-corrected chi connectivity index (χ4v) is 2.10. The summed E-state index contributed by atoms with van der Waals surface area (Å²) in [6.45, 7) is 6.31. The van der Waals surface area contributed by atoms with E-state index in [1.54, 1.807) is 17.9 Å². The van der Waals surface area contributed by atoms with Crippen molar-refractivity contribution in [1.29, 1.82) is 0 Å². The zero-order valence-corrected chi connectivity index (χ0v) is 11.2. The van der Waals surface area contributed by atoms with Gasteiger partial charge in [-0.05, 0) is 31.0 Å². The van der Waals surface area contributed by atoms with Crippen LogP contribution in [-0.2, 0) is 4.79 Å². The predicted molar refractivity (Wildman–Crippen MR) is 70.7 cm³/mol. The number of benzene rings is 1. The SMILES string of the molecule is CC(C)CN1C(=O)C(C)Oc2cc(C(=O)O)ccc21. The Morgan fingerprint density at radius 3 is 2.74 bits per heavy atom. The van der Waals surface area contributed by atoms with Crippen LogP contribution in [0, 0.1) is 5.92 Å². The van der Waals surface area contributed by atoms with Crippen molar-refractivity contribution < 1.29 is 19.4 Å². The normalized spacial score (nSPS) is 18.2. The molecule has 0 aliphatic carbocycles. The molecule has 5 nitrogen and oxygen atoms in total. The number of hydrogen-bond acceptors (Lipinski definition) is 3. The summed E-state index contributed by atoms with van der Waals surface area (Å²) < 4.78 is 5.49. The van der Waals surface area contributed by atoms with Crippen LogP contribution in [0.3, 0.4) is 0 Å². The highest BCUT2D eigenvalue weighted by Gasteiger charge is 2.32. The van der Waals surface area contributed by atoms with E-state index in [2.05, 4.69) is 0 Å². The molecule has 19 heavy (non-hydrogen) atoms. The number of ether oxygens (including phenoxy) is 1. The molecule has 0 fully saturated rings. The van der Waals surface area contributed by atoms with Gasteiger partial charge in [-0.1, -0.05) is 13.8 Å². The first-order valence-corrected chi connectivity index (χ1v) is 6.25. The van der Waals surface area contributed by atoms with Gasteiger partial charge in [-0.25, -0.2) is 4.79 Å². The molecule has 1 amide bonds. The molecule has 0 radical (unpaired) electrons. The minimum Gasteiger partial charge on any atom is -0.479 e. The van der Waals surface area contributed by atoms with Gasteiger partial charge in [0.1, 0.15) is 5.75 Å². The summed E-state index contributed by atoms with van der Waals surface area (Å²) in [6.07, 6.45) is -0.588. The number of amides is 1. The highest BCUT2D eigenvalue weighted by Crippen LogP contribution is 2.35. The molecule has 1 heterocycles. The second kappa shape index (κ2) is 4.91. The lowest BCUT2D eigenvalue weighted by molar-refractivity contribution is -0.125. The highest BCUT2D eigenvalue weighted by molar-refractivity contribution is 6.00.